The van der Waals surface area contributed by atoms with Gasteiger partial charge in [0, 0.05) is 21.2 Å². The smallest absolute Gasteiger partial charge is 0.0490 e. The van der Waals surface area contributed by atoms with Gasteiger partial charge in [0.1, 0.15) is 0 Å². The molecule has 17 heavy (non-hydrogen) atoms. The zero-order valence-corrected chi connectivity index (χ0v) is 12.7. The molecule has 0 bridgehead atoms. The second-order valence-electron chi connectivity index (χ2n) is 3.88. The standard InChI is InChI=1S/C14H13Br2N/c1-10-5-4-8-13(14(10)16)17-9-11-6-2-3-7-12(11)15/h2-8,17H,9H2,1H3. The molecule has 2 rings (SSSR count). The first-order valence-corrected chi connectivity index (χ1v) is 6.99. The van der Waals surface area contributed by atoms with Crippen LogP contribution in [0.15, 0.2) is 51.4 Å². The van der Waals surface area contributed by atoms with Crippen molar-refractivity contribution in [3.63, 3.8) is 0 Å². The Labute approximate surface area is 119 Å². The van der Waals surface area contributed by atoms with Gasteiger partial charge in [-0.3, -0.25) is 0 Å². The third kappa shape index (κ3) is 3.11. The molecule has 0 fully saturated rings. The Balaban J connectivity index is 2.13. The molecule has 2 aromatic carbocycles. The Morgan fingerprint density at radius 2 is 1.76 bits per heavy atom. The van der Waals surface area contributed by atoms with Gasteiger partial charge in [-0.15, -0.1) is 0 Å². The normalized spacial score (nSPS) is 10.3. The van der Waals surface area contributed by atoms with E-state index in [0.717, 1.165) is 21.2 Å². The summed E-state index contributed by atoms with van der Waals surface area (Å²) in [6, 6.07) is 14.5. The van der Waals surface area contributed by atoms with Crippen molar-refractivity contribution in [1.82, 2.24) is 0 Å². The second kappa shape index (κ2) is 5.69. The van der Waals surface area contributed by atoms with Crippen molar-refractivity contribution in [1.29, 1.82) is 0 Å². The quantitative estimate of drug-likeness (QED) is 0.805. The van der Waals surface area contributed by atoms with E-state index in [2.05, 4.69) is 74.4 Å². The third-order valence-electron chi connectivity index (χ3n) is 2.62. The molecule has 0 unspecified atom stereocenters. The minimum absolute atomic E-state index is 0.809. The van der Waals surface area contributed by atoms with Crippen LogP contribution >= 0.6 is 31.9 Å². The van der Waals surface area contributed by atoms with Crippen LogP contribution in [0.3, 0.4) is 0 Å². The SMILES string of the molecule is Cc1cccc(NCc2ccccc2Br)c1Br. The van der Waals surface area contributed by atoms with E-state index in [4.69, 9.17) is 0 Å². The van der Waals surface area contributed by atoms with Crippen molar-refractivity contribution in [3.8, 4) is 0 Å². The van der Waals surface area contributed by atoms with E-state index in [1.165, 1.54) is 11.1 Å². The monoisotopic (exact) mass is 353 g/mol. The summed E-state index contributed by atoms with van der Waals surface area (Å²) < 4.78 is 2.27. The van der Waals surface area contributed by atoms with Crippen molar-refractivity contribution >= 4 is 37.5 Å². The zero-order valence-electron chi connectivity index (χ0n) is 9.50. The van der Waals surface area contributed by atoms with Crippen LogP contribution in [0.5, 0.6) is 0 Å². The molecule has 0 atom stereocenters. The number of hydrogen-bond donors (Lipinski definition) is 1. The molecule has 2 aromatic rings. The third-order valence-corrected chi connectivity index (χ3v) is 4.45. The molecule has 0 saturated carbocycles. The van der Waals surface area contributed by atoms with E-state index < -0.39 is 0 Å². The molecule has 0 amide bonds. The maximum absolute atomic E-state index is 3.60. The summed E-state index contributed by atoms with van der Waals surface area (Å²) in [5, 5.41) is 3.43. The first-order chi connectivity index (χ1) is 8.18. The molecule has 0 spiro atoms. The molecule has 0 aliphatic carbocycles. The molecule has 1 N–H and O–H groups in total. The highest BCUT2D eigenvalue weighted by Crippen LogP contribution is 2.26. The van der Waals surface area contributed by atoms with Crippen LogP contribution in [0.4, 0.5) is 5.69 Å². The molecule has 88 valence electrons. The lowest BCUT2D eigenvalue weighted by atomic mass is 10.2. The topological polar surface area (TPSA) is 12.0 Å². The molecule has 1 nitrogen and oxygen atoms in total. The van der Waals surface area contributed by atoms with Gasteiger partial charge >= 0.3 is 0 Å². The number of anilines is 1. The molecule has 0 aromatic heterocycles. The summed E-state index contributed by atoms with van der Waals surface area (Å²) in [6.07, 6.45) is 0. The van der Waals surface area contributed by atoms with E-state index in [0.29, 0.717) is 0 Å². The van der Waals surface area contributed by atoms with Crippen molar-refractivity contribution in [3.05, 3.63) is 62.5 Å². The summed E-state index contributed by atoms with van der Waals surface area (Å²) in [6.45, 7) is 2.90. The fourth-order valence-electron chi connectivity index (χ4n) is 1.62. The predicted molar refractivity (Wildman–Crippen MR) is 80.3 cm³/mol. The number of rotatable bonds is 3. The van der Waals surface area contributed by atoms with E-state index in [1.807, 2.05) is 12.1 Å². The lowest BCUT2D eigenvalue weighted by molar-refractivity contribution is 1.13. The Hall–Kier alpha value is -0.800. The van der Waals surface area contributed by atoms with Gasteiger partial charge < -0.3 is 5.32 Å². The molecule has 0 aliphatic rings. The van der Waals surface area contributed by atoms with Gasteiger partial charge in [0.25, 0.3) is 0 Å². The zero-order chi connectivity index (χ0) is 12.3. The van der Waals surface area contributed by atoms with Crippen molar-refractivity contribution in [2.75, 3.05) is 5.32 Å². The molecule has 0 saturated heterocycles. The van der Waals surface area contributed by atoms with Crippen LogP contribution < -0.4 is 5.32 Å². The fourth-order valence-corrected chi connectivity index (χ4v) is 2.45. The predicted octanol–water partition coefficient (Wildman–Crippen LogP) is 5.13. The number of aryl methyl sites for hydroxylation is 1. The number of halogens is 2. The molecular weight excluding hydrogens is 342 g/mol. The van der Waals surface area contributed by atoms with Crippen LogP contribution in [-0.2, 0) is 6.54 Å². The second-order valence-corrected chi connectivity index (χ2v) is 5.53. The molecule has 3 heteroatoms. The van der Waals surface area contributed by atoms with E-state index in [9.17, 15) is 0 Å². The van der Waals surface area contributed by atoms with Gasteiger partial charge in [-0.1, -0.05) is 46.3 Å². The first kappa shape index (κ1) is 12.7. The van der Waals surface area contributed by atoms with Crippen molar-refractivity contribution in [2.24, 2.45) is 0 Å². The van der Waals surface area contributed by atoms with E-state index >= 15 is 0 Å². The minimum atomic E-state index is 0.809. The van der Waals surface area contributed by atoms with E-state index in [1.54, 1.807) is 0 Å². The number of benzene rings is 2. The van der Waals surface area contributed by atoms with Gasteiger partial charge in [-0.25, -0.2) is 0 Å². The van der Waals surface area contributed by atoms with Gasteiger partial charge in [0.05, 0.1) is 0 Å². The van der Waals surface area contributed by atoms with Crippen molar-refractivity contribution < 1.29 is 0 Å². The van der Waals surface area contributed by atoms with Gasteiger partial charge in [-0.2, -0.15) is 0 Å². The van der Waals surface area contributed by atoms with Gasteiger partial charge in [-0.05, 0) is 46.1 Å². The average molecular weight is 355 g/mol. The summed E-state index contributed by atoms with van der Waals surface area (Å²) in [5.41, 5.74) is 3.61. The Bertz CT molecular complexity index is 523. The average Bonchev–Trinajstić information content (AvgIpc) is 2.33. The first-order valence-electron chi connectivity index (χ1n) is 5.41. The Morgan fingerprint density at radius 1 is 1.00 bits per heavy atom. The molecule has 0 aliphatic heterocycles. The lowest BCUT2D eigenvalue weighted by Gasteiger charge is -2.11. The van der Waals surface area contributed by atoms with Gasteiger partial charge in [0.15, 0.2) is 0 Å². The molecule has 0 heterocycles. The summed E-state index contributed by atoms with van der Waals surface area (Å²) in [7, 11) is 0. The fraction of sp³-hybridized carbons (Fsp3) is 0.143. The Kier molecular flexibility index (Phi) is 4.24. The summed E-state index contributed by atoms with van der Waals surface area (Å²) >= 11 is 7.15. The minimum Gasteiger partial charge on any atom is -0.380 e. The van der Waals surface area contributed by atoms with E-state index in [-0.39, 0.29) is 0 Å². The van der Waals surface area contributed by atoms with Crippen LogP contribution in [0.25, 0.3) is 0 Å². The van der Waals surface area contributed by atoms with Crippen LogP contribution in [0.1, 0.15) is 11.1 Å². The molecule has 0 radical (unpaired) electrons. The summed E-state index contributed by atoms with van der Waals surface area (Å²) in [4.78, 5) is 0. The maximum atomic E-state index is 3.60. The lowest BCUT2D eigenvalue weighted by Crippen LogP contribution is -2.01. The van der Waals surface area contributed by atoms with Crippen LogP contribution in [0.2, 0.25) is 0 Å². The summed E-state index contributed by atoms with van der Waals surface area (Å²) in [5.74, 6) is 0. The highest BCUT2D eigenvalue weighted by atomic mass is 79.9. The highest BCUT2D eigenvalue weighted by molar-refractivity contribution is 9.11. The van der Waals surface area contributed by atoms with Crippen LogP contribution in [0, 0.1) is 6.92 Å². The number of hydrogen-bond acceptors (Lipinski definition) is 1. The maximum Gasteiger partial charge on any atom is 0.0490 e. The highest BCUT2D eigenvalue weighted by Gasteiger charge is 2.03. The van der Waals surface area contributed by atoms with Crippen LogP contribution in [-0.4, -0.2) is 0 Å². The molecular formula is C14H13Br2N. The van der Waals surface area contributed by atoms with Gasteiger partial charge in [0.2, 0.25) is 0 Å². The number of nitrogens with one attached hydrogen (secondary N) is 1. The largest absolute Gasteiger partial charge is 0.380 e. The van der Waals surface area contributed by atoms with Crippen molar-refractivity contribution in [2.45, 2.75) is 13.5 Å². The Morgan fingerprint density at radius 3 is 2.53 bits per heavy atom.